The van der Waals surface area contributed by atoms with E-state index < -0.39 is 0 Å². The Bertz CT molecular complexity index is 1050. The lowest BCUT2D eigenvalue weighted by atomic mass is 10.2. The van der Waals surface area contributed by atoms with E-state index in [-0.39, 0.29) is 11.9 Å². The molecular formula is C20H28N8O2. The zero-order valence-corrected chi connectivity index (χ0v) is 17.9. The zero-order chi connectivity index (χ0) is 21.3. The molecule has 1 atom stereocenters. The maximum Gasteiger partial charge on any atom is 0.245 e. The molecule has 3 aromatic heterocycles. The van der Waals surface area contributed by atoms with Crippen molar-refractivity contribution in [2.75, 3.05) is 31.6 Å². The summed E-state index contributed by atoms with van der Waals surface area (Å²) in [6.07, 6.45) is 3.98. The molecular weight excluding hydrogens is 384 g/mol. The highest BCUT2D eigenvalue weighted by atomic mass is 16.5. The summed E-state index contributed by atoms with van der Waals surface area (Å²) in [7, 11) is 1.93. The number of nitrogens with one attached hydrogen (secondary N) is 1. The molecule has 1 aliphatic heterocycles. The first-order valence-electron chi connectivity index (χ1n) is 10.4. The number of hydrogen-bond donors (Lipinski definition) is 1. The van der Waals surface area contributed by atoms with Gasteiger partial charge in [0, 0.05) is 32.4 Å². The zero-order valence-electron chi connectivity index (χ0n) is 17.9. The smallest absolute Gasteiger partial charge is 0.245 e. The SMILES string of the molecule is CC[C@H](Nc1ncnc2c1nc(-c1cnn(CC)c1C)n2C)C(=O)N1CCOCC1. The largest absolute Gasteiger partial charge is 0.378 e. The maximum absolute atomic E-state index is 13.0. The van der Waals surface area contributed by atoms with Crippen LogP contribution < -0.4 is 5.32 Å². The predicted molar refractivity (Wildman–Crippen MR) is 113 cm³/mol. The van der Waals surface area contributed by atoms with Gasteiger partial charge in [-0.3, -0.25) is 9.48 Å². The number of carbonyl (C=O) groups excluding carboxylic acids is 1. The van der Waals surface area contributed by atoms with Gasteiger partial charge in [-0.15, -0.1) is 0 Å². The van der Waals surface area contributed by atoms with Crippen LogP contribution in [0.2, 0.25) is 0 Å². The van der Waals surface area contributed by atoms with E-state index in [1.54, 1.807) is 0 Å². The molecule has 0 aliphatic carbocycles. The third-order valence-electron chi connectivity index (χ3n) is 5.64. The molecule has 1 saturated heterocycles. The Labute approximate surface area is 175 Å². The molecule has 4 heterocycles. The second-order valence-electron chi connectivity index (χ2n) is 7.39. The lowest BCUT2D eigenvalue weighted by Crippen LogP contribution is -2.47. The molecule has 10 nitrogen and oxygen atoms in total. The summed E-state index contributed by atoms with van der Waals surface area (Å²) in [5.74, 6) is 1.40. The summed E-state index contributed by atoms with van der Waals surface area (Å²) in [5.41, 5.74) is 3.36. The van der Waals surface area contributed by atoms with Gasteiger partial charge in [-0.25, -0.2) is 15.0 Å². The standard InChI is InChI=1S/C20H28N8O2/c1-5-15(20(29)27-7-9-30-10-8-27)24-17-16-19(22-12-21-17)26(4)18(25-16)14-11-23-28(6-2)13(14)3/h11-12,15H,5-10H2,1-4H3,(H,21,22,24)/t15-/m0/s1. The first-order chi connectivity index (χ1) is 14.5. The summed E-state index contributed by atoms with van der Waals surface area (Å²) in [4.78, 5) is 28.5. The highest BCUT2D eigenvalue weighted by molar-refractivity contribution is 5.90. The number of rotatable bonds is 6. The fourth-order valence-electron chi connectivity index (χ4n) is 3.84. The topological polar surface area (TPSA) is 103 Å². The Morgan fingerprint density at radius 3 is 2.70 bits per heavy atom. The summed E-state index contributed by atoms with van der Waals surface area (Å²) < 4.78 is 9.24. The van der Waals surface area contributed by atoms with Gasteiger partial charge in [0.2, 0.25) is 5.91 Å². The van der Waals surface area contributed by atoms with Crippen LogP contribution in [-0.2, 0) is 23.1 Å². The van der Waals surface area contributed by atoms with Crippen molar-refractivity contribution < 1.29 is 9.53 Å². The lowest BCUT2D eigenvalue weighted by Gasteiger charge is -2.30. The number of ether oxygens (including phenoxy) is 1. The van der Waals surface area contributed by atoms with E-state index in [1.165, 1.54) is 6.33 Å². The molecule has 0 bridgehead atoms. The second kappa shape index (κ2) is 8.39. The molecule has 0 unspecified atom stereocenters. The van der Waals surface area contributed by atoms with Crippen molar-refractivity contribution >= 4 is 22.9 Å². The van der Waals surface area contributed by atoms with E-state index in [1.807, 2.05) is 41.2 Å². The van der Waals surface area contributed by atoms with E-state index in [0.29, 0.717) is 49.7 Å². The number of morpholine rings is 1. The van der Waals surface area contributed by atoms with E-state index >= 15 is 0 Å². The van der Waals surface area contributed by atoms with Crippen LogP contribution in [0.4, 0.5) is 5.82 Å². The van der Waals surface area contributed by atoms with Gasteiger partial charge in [0.15, 0.2) is 17.0 Å². The number of aryl methyl sites for hydroxylation is 2. The minimum Gasteiger partial charge on any atom is -0.378 e. The van der Waals surface area contributed by atoms with Crippen LogP contribution in [0.5, 0.6) is 0 Å². The highest BCUT2D eigenvalue weighted by Crippen LogP contribution is 2.28. The van der Waals surface area contributed by atoms with Crippen molar-refractivity contribution in [1.82, 2.24) is 34.2 Å². The molecule has 0 aromatic carbocycles. The number of fused-ring (bicyclic) bond motifs is 1. The molecule has 0 saturated carbocycles. The summed E-state index contributed by atoms with van der Waals surface area (Å²) in [6, 6.07) is -0.378. The average Bonchev–Trinajstić information content (AvgIpc) is 3.31. The highest BCUT2D eigenvalue weighted by Gasteiger charge is 2.26. The molecule has 1 amide bonds. The van der Waals surface area contributed by atoms with Crippen LogP contribution in [0, 0.1) is 6.92 Å². The minimum atomic E-state index is -0.378. The Balaban J connectivity index is 1.67. The minimum absolute atomic E-state index is 0.0591. The van der Waals surface area contributed by atoms with E-state index in [2.05, 4.69) is 27.3 Å². The number of imidazole rings is 1. The first kappa shape index (κ1) is 20.3. The van der Waals surface area contributed by atoms with Crippen molar-refractivity contribution in [1.29, 1.82) is 0 Å². The number of anilines is 1. The van der Waals surface area contributed by atoms with Gasteiger partial charge >= 0.3 is 0 Å². The summed E-state index contributed by atoms with van der Waals surface area (Å²) in [6.45, 7) is 9.26. The van der Waals surface area contributed by atoms with Crippen LogP contribution in [-0.4, -0.2) is 72.5 Å². The maximum atomic E-state index is 13.0. The lowest BCUT2D eigenvalue weighted by molar-refractivity contribution is -0.136. The van der Waals surface area contributed by atoms with Gasteiger partial charge in [-0.2, -0.15) is 5.10 Å². The van der Waals surface area contributed by atoms with Crippen molar-refractivity contribution in [3.05, 3.63) is 18.2 Å². The van der Waals surface area contributed by atoms with Gasteiger partial charge < -0.3 is 19.5 Å². The Morgan fingerprint density at radius 1 is 1.27 bits per heavy atom. The number of aromatic nitrogens is 6. The van der Waals surface area contributed by atoms with Crippen LogP contribution in [0.3, 0.4) is 0 Å². The fourth-order valence-corrected chi connectivity index (χ4v) is 3.84. The Kier molecular flexibility index (Phi) is 5.67. The molecule has 0 radical (unpaired) electrons. The molecule has 1 N–H and O–H groups in total. The average molecular weight is 412 g/mol. The van der Waals surface area contributed by atoms with Gasteiger partial charge in [0.25, 0.3) is 0 Å². The van der Waals surface area contributed by atoms with E-state index in [0.717, 1.165) is 23.6 Å². The summed E-state index contributed by atoms with van der Waals surface area (Å²) >= 11 is 0. The first-order valence-corrected chi connectivity index (χ1v) is 10.4. The fraction of sp³-hybridized carbons (Fsp3) is 0.550. The van der Waals surface area contributed by atoms with Crippen LogP contribution in [0.25, 0.3) is 22.6 Å². The van der Waals surface area contributed by atoms with Gasteiger partial charge in [0.05, 0.1) is 25.0 Å². The van der Waals surface area contributed by atoms with Gasteiger partial charge in [-0.1, -0.05) is 6.92 Å². The summed E-state index contributed by atoms with van der Waals surface area (Å²) in [5, 5.41) is 7.74. The molecule has 10 heteroatoms. The molecule has 1 aliphatic rings. The molecule has 1 fully saturated rings. The molecule has 3 aromatic rings. The van der Waals surface area contributed by atoms with Crippen molar-refractivity contribution in [2.45, 2.75) is 39.8 Å². The molecule has 4 rings (SSSR count). The van der Waals surface area contributed by atoms with Crippen LogP contribution in [0.15, 0.2) is 12.5 Å². The van der Waals surface area contributed by atoms with E-state index in [9.17, 15) is 4.79 Å². The van der Waals surface area contributed by atoms with Crippen molar-refractivity contribution in [2.24, 2.45) is 7.05 Å². The van der Waals surface area contributed by atoms with Crippen molar-refractivity contribution in [3.8, 4) is 11.4 Å². The predicted octanol–water partition coefficient (Wildman–Crippen LogP) is 1.60. The van der Waals surface area contributed by atoms with Crippen LogP contribution in [0.1, 0.15) is 26.0 Å². The molecule has 0 spiro atoms. The van der Waals surface area contributed by atoms with Crippen molar-refractivity contribution in [3.63, 3.8) is 0 Å². The normalized spacial score (nSPS) is 15.5. The van der Waals surface area contributed by atoms with Crippen LogP contribution >= 0.6 is 0 Å². The number of hydrogen-bond acceptors (Lipinski definition) is 7. The Hall–Kier alpha value is -3.01. The van der Waals surface area contributed by atoms with Gasteiger partial charge in [-0.05, 0) is 20.3 Å². The van der Waals surface area contributed by atoms with Gasteiger partial charge in [0.1, 0.15) is 18.2 Å². The number of nitrogens with zero attached hydrogens (tertiary/aromatic N) is 7. The monoisotopic (exact) mass is 412 g/mol. The third kappa shape index (κ3) is 3.51. The second-order valence-corrected chi connectivity index (χ2v) is 7.39. The number of carbonyl (C=O) groups is 1. The number of amides is 1. The quantitative estimate of drug-likeness (QED) is 0.656. The third-order valence-corrected chi connectivity index (χ3v) is 5.64. The molecule has 30 heavy (non-hydrogen) atoms. The molecule has 160 valence electrons. The van der Waals surface area contributed by atoms with E-state index in [4.69, 9.17) is 9.72 Å². The Morgan fingerprint density at radius 2 is 2.03 bits per heavy atom.